The molecule has 0 amide bonds. The number of hydrogen-bond donors (Lipinski definition) is 2. The molecular weight excluding hydrogens is 426 g/mol. The summed E-state index contributed by atoms with van der Waals surface area (Å²) >= 11 is 0. The molecule has 0 bridgehead atoms. The number of phosphoric ester groups is 1. The van der Waals surface area contributed by atoms with Crippen molar-refractivity contribution in [2.45, 2.75) is 79.8 Å². The predicted molar refractivity (Wildman–Crippen MR) is 122 cm³/mol. The van der Waals surface area contributed by atoms with Gasteiger partial charge in [-0.1, -0.05) is 46.6 Å². The van der Waals surface area contributed by atoms with E-state index in [-0.39, 0.29) is 0 Å². The van der Waals surface area contributed by atoms with E-state index in [1.165, 1.54) is 11.1 Å². The van der Waals surface area contributed by atoms with Gasteiger partial charge >= 0.3 is 15.6 Å². The van der Waals surface area contributed by atoms with Gasteiger partial charge in [0.15, 0.2) is 0 Å². The maximum absolute atomic E-state index is 12.6. The highest BCUT2D eigenvalue weighted by Gasteiger charge is 2.36. The maximum atomic E-state index is 12.6. The summed E-state index contributed by atoms with van der Waals surface area (Å²) in [6.07, 6.45) is 11.2. The Bertz CT molecular complexity index is 736. The van der Waals surface area contributed by atoms with E-state index in [4.69, 9.17) is 14.3 Å². The zero-order chi connectivity index (χ0) is 23.4. The lowest BCUT2D eigenvalue weighted by atomic mass is 10.0. The molecule has 0 rings (SSSR count). The first kappa shape index (κ1) is 29.2. The molecule has 0 radical (unpaired) electrons. The molecular formula is C21H38O7P2. The fraction of sp³-hybridized carbons (Fsp3) is 0.619. The number of hydrogen-bond acceptors (Lipinski definition) is 5. The van der Waals surface area contributed by atoms with Crippen LogP contribution in [0.5, 0.6) is 0 Å². The molecule has 0 fully saturated rings. The minimum Gasteiger partial charge on any atom is -0.302 e. The van der Waals surface area contributed by atoms with Crippen LogP contribution in [0, 0.1) is 0 Å². The van der Waals surface area contributed by atoms with Crippen LogP contribution in [0.3, 0.4) is 0 Å². The second kappa shape index (κ2) is 14.3. The first-order valence-electron chi connectivity index (χ1n) is 9.97. The topological polar surface area (TPSA) is 102 Å². The minimum atomic E-state index is -5.05. The van der Waals surface area contributed by atoms with Crippen molar-refractivity contribution in [1.29, 1.82) is 0 Å². The van der Waals surface area contributed by atoms with Crippen molar-refractivity contribution in [3.63, 3.8) is 0 Å². The maximum Gasteiger partial charge on any atom is 0.484 e. The summed E-state index contributed by atoms with van der Waals surface area (Å²) < 4.78 is 38.1. The first-order valence-corrected chi connectivity index (χ1v) is 13.0. The molecule has 2 N–H and O–H groups in total. The van der Waals surface area contributed by atoms with Gasteiger partial charge in [0.1, 0.15) is 0 Å². The SMILES string of the molecule is COP(=O)(OC(/C=C(\C)CCC=C(C)C)C/C=C(\C)CCC=C(C)C)OP(=O)(O)O. The van der Waals surface area contributed by atoms with Gasteiger partial charge in [-0.25, -0.2) is 9.13 Å². The Morgan fingerprint density at radius 3 is 1.80 bits per heavy atom. The molecule has 0 saturated carbocycles. The van der Waals surface area contributed by atoms with E-state index < -0.39 is 21.7 Å². The van der Waals surface area contributed by atoms with Crippen LogP contribution in [0.15, 0.2) is 46.6 Å². The molecule has 0 aliphatic heterocycles. The van der Waals surface area contributed by atoms with E-state index in [2.05, 4.69) is 34.8 Å². The molecule has 0 aromatic heterocycles. The van der Waals surface area contributed by atoms with Gasteiger partial charge in [-0.3, -0.25) is 9.05 Å². The Morgan fingerprint density at radius 2 is 1.37 bits per heavy atom. The van der Waals surface area contributed by atoms with E-state index in [0.29, 0.717) is 6.42 Å². The summed E-state index contributed by atoms with van der Waals surface area (Å²) in [6.45, 7) is 12.1. The van der Waals surface area contributed by atoms with Crippen LogP contribution in [0.4, 0.5) is 0 Å². The van der Waals surface area contributed by atoms with Crippen LogP contribution >= 0.6 is 15.6 Å². The van der Waals surface area contributed by atoms with Gasteiger partial charge in [-0.2, -0.15) is 4.31 Å². The number of rotatable bonds is 14. The molecule has 0 aromatic rings. The number of allylic oxidation sites excluding steroid dienone is 6. The lowest BCUT2D eigenvalue weighted by Crippen LogP contribution is -2.10. The monoisotopic (exact) mass is 464 g/mol. The van der Waals surface area contributed by atoms with Crippen molar-refractivity contribution >= 4 is 15.6 Å². The lowest BCUT2D eigenvalue weighted by molar-refractivity contribution is 0.135. The Balaban J connectivity index is 5.43. The quantitative estimate of drug-likeness (QED) is 0.210. The van der Waals surface area contributed by atoms with Gasteiger partial charge in [0.05, 0.1) is 6.10 Å². The lowest BCUT2D eigenvalue weighted by Gasteiger charge is -2.21. The summed E-state index contributed by atoms with van der Waals surface area (Å²) in [7, 11) is -8.45. The fourth-order valence-electron chi connectivity index (χ4n) is 2.53. The molecule has 30 heavy (non-hydrogen) atoms. The number of phosphoric acid groups is 2. The second-order valence-corrected chi connectivity index (χ2v) is 10.9. The van der Waals surface area contributed by atoms with Gasteiger partial charge in [-0.05, 0) is 73.6 Å². The van der Waals surface area contributed by atoms with Gasteiger partial charge in [-0.15, -0.1) is 0 Å². The Kier molecular flexibility index (Phi) is 13.9. The zero-order valence-electron chi connectivity index (χ0n) is 19.3. The summed E-state index contributed by atoms with van der Waals surface area (Å²) in [5.41, 5.74) is 4.63. The smallest absolute Gasteiger partial charge is 0.302 e. The van der Waals surface area contributed by atoms with Crippen molar-refractivity contribution in [2.75, 3.05) is 7.11 Å². The standard InChI is InChI=1S/C21H38O7P2/c1-17(2)10-8-12-19(5)14-15-21(16-20(6)13-9-11-18(3)4)27-30(25,26-7)28-29(22,23)24/h10-11,14,16,21H,8-9,12-13,15H2,1-7H3,(H2,22,23,24)/b19-14+,20-16+. The average molecular weight is 464 g/mol. The van der Waals surface area contributed by atoms with Gasteiger partial charge < -0.3 is 9.79 Å². The third-order valence-corrected chi connectivity index (χ3v) is 6.67. The van der Waals surface area contributed by atoms with Gasteiger partial charge in [0.2, 0.25) is 0 Å². The molecule has 0 aliphatic carbocycles. The van der Waals surface area contributed by atoms with Crippen molar-refractivity contribution < 1.29 is 32.3 Å². The van der Waals surface area contributed by atoms with Crippen molar-refractivity contribution in [3.05, 3.63) is 46.6 Å². The third-order valence-electron chi connectivity index (χ3n) is 4.05. The van der Waals surface area contributed by atoms with Crippen LogP contribution < -0.4 is 0 Å². The van der Waals surface area contributed by atoms with Crippen LogP contribution in [-0.4, -0.2) is 23.0 Å². The van der Waals surface area contributed by atoms with Crippen LogP contribution in [-0.2, 0) is 22.5 Å². The second-order valence-electron chi connectivity index (χ2n) is 7.79. The molecule has 0 spiro atoms. The molecule has 0 heterocycles. The average Bonchev–Trinajstić information content (AvgIpc) is 2.57. The van der Waals surface area contributed by atoms with Crippen molar-refractivity contribution in [1.82, 2.24) is 0 Å². The summed E-state index contributed by atoms with van der Waals surface area (Å²) in [5.74, 6) is 0. The Morgan fingerprint density at radius 1 is 0.867 bits per heavy atom. The highest BCUT2D eigenvalue weighted by molar-refractivity contribution is 7.61. The van der Waals surface area contributed by atoms with Crippen LogP contribution in [0.1, 0.15) is 73.6 Å². The molecule has 7 nitrogen and oxygen atoms in total. The third kappa shape index (κ3) is 16.0. The highest BCUT2D eigenvalue weighted by atomic mass is 31.3. The summed E-state index contributed by atoms with van der Waals surface area (Å²) in [6, 6.07) is 0. The molecule has 0 saturated heterocycles. The van der Waals surface area contributed by atoms with Gasteiger partial charge in [0.25, 0.3) is 0 Å². The van der Waals surface area contributed by atoms with Crippen molar-refractivity contribution in [3.8, 4) is 0 Å². The van der Waals surface area contributed by atoms with Crippen LogP contribution in [0.2, 0.25) is 0 Å². The van der Waals surface area contributed by atoms with E-state index in [0.717, 1.165) is 43.9 Å². The van der Waals surface area contributed by atoms with E-state index in [1.807, 2.05) is 33.8 Å². The molecule has 2 atom stereocenters. The Hall–Kier alpha value is -0.780. The largest absolute Gasteiger partial charge is 0.484 e. The van der Waals surface area contributed by atoms with Crippen LogP contribution in [0.25, 0.3) is 0 Å². The zero-order valence-corrected chi connectivity index (χ0v) is 21.0. The van der Waals surface area contributed by atoms with Gasteiger partial charge in [0, 0.05) is 7.11 Å². The molecule has 0 aliphatic rings. The van der Waals surface area contributed by atoms with Crippen molar-refractivity contribution in [2.24, 2.45) is 0 Å². The molecule has 174 valence electrons. The summed E-state index contributed by atoms with van der Waals surface area (Å²) in [4.78, 5) is 18.0. The Labute approximate surface area is 181 Å². The molecule has 0 aromatic carbocycles. The predicted octanol–water partition coefficient (Wildman–Crippen LogP) is 7.01. The first-order chi connectivity index (χ1) is 13.8. The van der Waals surface area contributed by atoms with E-state index in [1.54, 1.807) is 6.08 Å². The highest BCUT2D eigenvalue weighted by Crippen LogP contribution is 2.61. The minimum absolute atomic E-state index is 0.374. The normalized spacial score (nSPS) is 16.0. The molecule has 9 heteroatoms. The van der Waals surface area contributed by atoms with E-state index in [9.17, 15) is 9.13 Å². The van der Waals surface area contributed by atoms with E-state index >= 15 is 0 Å². The molecule has 2 unspecified atom stereocenters. The summed E-state index contributed by atoms with van der Waals surface area (Å²) in [5, 5.41) is 0. The fourth-order valence-corrected chi connectivity index (χ4v) is 4.56.